The summed E-state index contributed by atoms with van der Waals surface area (Å²) < 4.78 is 13.9. The Hall–Kier alpha value is -2.30. The third-order valence-electron chi connectivity index (χ3n) is 5.52. The predicted octanol–water partition coefficient (Wildman–Crippen LogP) is 6.87. The van der Waals surface area contributed by atoms with Crippen molar-refractivity contribution in [1.29, 1.82) is 0 Å². The van der Waals surface area contributed by atoms with Crippen LogP contribution in [0.5, 0.6) is 0 Å². The van der Waals surface area contributed by atoms with Crippen LogP contribution in [0.2, 0.25) is 25.7 Å². The molecule has 4 heteroatoms. The van der Waals surface area contributed by atoms with Gasteiger partial charge in [-0.15, -0.1) is 0 Å². The molecule has 3 atom stereocenters. The maximum absolute atomic E-state index is 13.9. The van der Waals surface area contributed by atoms with Crippen molar-refractivity contribution in [2.45, 2.75) is 55.1 Å². The van der Waals surface area contributed by atoms with E-state index in [0.29, 0.717) is 6.42 Å². The van der Waals surface area contributed by atoms with Crippen LogP contribution >= 0.6 is 0 Å². The van der Waals surface area contributed by atoms with Crippen molar-refractivity contribution in [1.82, 2.24) is 0 Å². The van der Waals surface area contributed by atoms with Gasteiger partial charge in [-0.25, -0.2) is 0 Å². The molecular weight excluding hydrogens is 416 g/mol. The maximum Gasteiger partial charge on any atom is 0.163 e. The second-order valence-corrected chi connectivity index (χ2v) is 16.6. The van der Waals surface area contributed by atoms with Gasteiger partial charge in [0, 0.05) is 36.1 Å². The standard InChI is InChI=1S/C27H32O2SSi/c1-21-15-17-24(18-16-21)30(29)27(20-31(2,3)4)25(22-11-7-5-8-12-22)19-26(28)23-13-9-6-10-14-23/h5-18,25,27H,19-20H2,1-4H3/t25-,27+,30+/m1/s1. The van der Waals surface area contributed by atoms with E-state index in [1.807, 2.05) is 79.7 Å². The molecule has 0 bridgehead atoms. The fraction of sp³-hybridized carbons (Fsp3) is 0.296. The molecule has 0 saturated carbocycles. The van der Waals surface area contributed by atoms with Gasteiger partial charge in [-0.1, -0.05) is 98.0 Å². The highest BCUT2D eigenvalue weighted by molar-refractivity contribution is 7.85. The average Bonchev–Trinajstić information content (AvgIpc) is 2.76. The van der Waals surface area contributed by atoms with E-state index in [1.54, 1.807) is 0 Å². The van der Waals surface area contributed by atoms with Crippen molar-refractivity contribution in [2.75, 3.05) is 0 Å². The molecule has 0 aliphatic carbocycles. The first-order valence-electron chi connectivity index (χ1n) is 10.8. The van der Waals surface area contributed by atoms with Crippen LogP contribution in [-0.4, -0.2) is 23.3 Å². The SMILES string of the molecule is Cc1ccc([S@](=O)[C@@H](C[Si](C)(C)C)[C@H](CC(=O)c2ccccc2)c2ccccc2)cc1. The van der Waals surface area contributed by atoms with Gasteiger partial charge in [0.15, 0.2) is 5.78 Å². The molecule has 31 heavy (non-hydrogen) atoms. The number of ketones is 1. The van der Waals surface area contributed by atoms with Gasteiger partial charge in [0.05, 0.1) is 10.8 Å². The first kappa shape index (κ1) is 23.4. The van der Waals surface area contributed by atoms with Crippen molar-refractivity contribution in [3.63, 3.8) is 0 Å². The molecule has 0 aliphatic rings. The summed E-state index contributed by atoms with van der Waals surface area (Å²) >= 11 is 0. The van der Waals surface area contributed by atoms with Crippen LogP contribution in [0.3, 0.4) is 0 Å². The lowest BCUT2D eigenvalue weighted by molar-refractivity contribution is 0.0973. The van der Waals surface area contributed by atoms with E-state index in [9.17, 15) is 9.00 Å². The third kappa shape index (κ3) is 6.59. The number of hydrogen-bond acceptors (Lipinski definition) is 2. The Morgan fingerprint density at radius 1 is 0.839 bits per heavy atom. The molecule has 0 fully saturated rings. The van der Waals surface area contributed by atoms with E-state index in [4.69, 9.17) is 0 Å². The molecule has 3 aromatic rings. The molecular formula is C27H32O2SSi. The Morgan fingerprint density at radius 2 is 1.39 bits per heavy atom. The normalized spacial score (nSPS) is 14.6. The molecule has 2 nitrogen and oxygen atoms in total. The Labute approximate surface area is 190 Å². The quantitative estimate of drug-likeness (QED) is 0.264. The van der Waals surface area contributed by atoms with Crippen molar-refractivity contribution in [3.8, 4) is 0 Å². The number of aryl methyl sites for hydroxylation is 1. The van der Waals surface area contributed by atoms with E-state index in [1.165, 1.54) is 0 Å². The van der Waals surface area contributed by atoms with Crippen molar-refractivity contribution in [2.24, 2.45) is 0 Å². The van der Waals surface area contributed by atoms with Gasteiger partial charge < -0.3 is 0 Å². The Morgan fingerprint density at radius 3 is 1.94 bits per heavy atom. The van der Waals surface area contributed by atoms with Gasteiger partial charge in [0.2, 0.25) is 0 Å². The molecule has 0 heterocycles. The first-order chi connectivity index (χ1) is 14.7. The monoisotopic (exact) mass is 448 g/mol. The van der Waals surface area contributed by atoms with Gasteiger partial charge in [-0.2, -0.15) is 0 Å². The lowest BCUT2D eigenvalue weighted by Gasteiger charge is -2.31. The smallest absolute Gasteiger partial charge is 0.163 e. The summed E-state index contributed by atoms with van der Waals surface area (Å²) in [7, 11) is -2.75. The summed E-state index contributed by atoms with van der Waals surface area (Å²) in [5, 5.41) is -0.107. The van der Waals surface area contributed by atoms with Crippen molar-refractivity contribution < 1.29 is 9.00 Å². The van der Waals surface area contributed by atoms with Crippen molar-refractivity contribution >= 4 is 24.7 Å². The molecule has 0 unspecified atom stereocenters. The number of carbonyl (C=O) groups is 1. The molecule has 0 radical (unpaired) electrons. The Balaban J connectivity index is 2.02. The van der Waals surface area contributed by atoms with Crippen LogP contribution in [0, 0.1) is 6.92 Å². The molecule has 0 spiro atoms. The second-order valence-electron chi connectivity index (χ2n) is 9.42. The molecule has 3 rings (SSSR count). The zero-order valence-electron chi connectivity index (χ0n) is 18.9. The molecule has 0 aromatic heterocycles. The number of Topliss-reactive ketones (excluding diaryl/α,β-unsaturated/α-hetero) is 1. The van der Waals surface area contributed by atoms with Crippen LogP contribution in [-0.2, 0) is 10.8 Å². The van der Waals surface area contributed by atoms with Gasteiger partial charge in [-0.3, -0.25) is 9.00 Å². The predicted molar refractivity (Wildman–Crippen MR) is 134 cm³/mol. The van der Waals surface area contributed by atoms with E-state index in [2.05, 4.69) is 31.8 Å². The van der Waals surface area contributed by atoms with Gasteiger partial charge in [-0.05, 0) is 30.7 Å². The van der Waals surface area contributed by atoms with E-state index in [0.717, 1.165) is 27.6 Å². The minimum absolute atomic E-state index is 0.0947. The highest BCUT2D eigenvalue weighted by atomic mass is 32.2. The third-order valence-corrected chi connectivity index (χ3v) is 9.26. The van der Waals surface area contributed by atoms with Crippen LogP contribution in [0.15, 0.2) is 89.8 Å². The second kappa shape index (κ2) is 10.3. The van der Waals surface area contributed by atoms with E-state index < -0.39 is 18.9 Å². The topological polar surface area (TPSA) is 34.1 Å². The van der Waals surface area contributed by atoms with Gasteiger partial charge in [0.25, 0.3) is 0 Å². The summed E-state index contributed by atoms with van der Waals surface area (Å²) in [4.78, 5) is 14.1. The molecule has 162 valence electrons. The molecule has 0 N–H and O–H groups in total. The molecule has 0 aliphatic heterocycles. The molecule has 0 saturated heterocycles. The minimum atomic E-state index is -1.56. The number of hydrogen-bond donors (Lipinski definition) is 0. The summed E-state index contributed by atoms with van der Waals surface area (Å²) in [6.07, 6.45) is 0.362. The van der Waals surface area contributed by atoms with Crippen LogP contribution in [0.1, 0.15) is 33.8 Å². The lowest BCUT2D eigenvalue weighted by Crippen LogP contribution is -2.35. The summed E-state index contributed by atoms with van der Waals surface area (Å²) in [6, 6.07) is 28.5. The molecule has 0 amide bonds. The largest absolute Gasteiger partial charge is 0.294 e. The Bertz CT molecular complexity index is 1010. The van der Waals surface area contributed by atoms with Crippen LogP contribution in [0.25, 0.3) is 0 Å². The lowest BCUT2D eigenvalue weighted by atomic mass is 9.89. The summed E-state index contributed by atoms with van der Waals surface area (Å²) in [5.41, 5.74) is 2.97. The average molecular weight is 449 g/mol. The molecule has 3 aromatic carbocycles. The number of benzene rings is 3. The van der Waals surface area contributed by atoms with Gasteiger partial charge >= 0.3 is 0 Å². The van der Waals surface area contributed by atoms with Crippen LogP contribution < -0.4 is 0 Å². The highest BCUT2D eigenvalue weighted by Gasteiger charge is 2.35. The van der Waals surface area contributed by atoms with Crippen LogP contribution in [0.4, 0.5) is 0 Å². The zero-order valence-corrected chi connectivity index (χ0v) is 20.7. The fourth-order valence-electron chi connectivity index (χ4n) is 3.92. The Kier molecular flexibility index (Phi) is 7.79. The number of carbonyl (C=O) groups excluding carboxylic acids is 1. The first-order valence-corrected chi connectivity index (χ1v) is 15.8. The number of rotatable bonds is 9. The minimum Gasteiger partial charge on any atom is -0.294 e. The summed E-state index contributed by atoms with van der Waals surface area (Å²) in [5.74, 6) is 0.0127. The maximum atomic E-state index is 13.9. The fourth-order valence-corrected chi connectivity index (χ4v) is 8.83. The van der Waals surface area contributed by atoms with E-state index >= 15 is 0 Å². The van der Waals surface area contributed by atoms with Crippen molar-refractivity contribution in [3.05, 3.63) is 102 Å². The zero-order chi connectivity index (χ0) is 22.4. The van der Waals surface area contributed by atoms with Gasteiger partial charge in [0.1, 0.15) is 0 Å². The summed E-state index contributed by atoms with van der Waals surface area (Å²) in [6.45, 7) is 8.98. The highest BCUT2D eigenvalue weighted by Crippen LogP contribution is 2.35. The van der Waals surface area contributed by atoms with E-state index in [-0.39, 0.29) is 17.0 Å².